The van der Waals surface area contributed by atoms with Crippen LogP contribution in [0.15, 0.2) is 24.3 Å². The summed E-state index contributed by atoms with van der Waals surface area (Å²) in [5.41, 5.74) is 1.88. The first-order valence-corrected chi connectivity index (χ1v) is 8.51. The SMILES string of the molecule is CC[C@H](C)[C@H](N[C@@H](C(=O)Nc1ccc(C)cc1)C(C)C)C(=O)OC. The molecule has 5 heteroatoms. The lowest BCUT2D eigenvalue weighted by Crippen LogP contribution is -2.54. The second-order valence-electron chi connectivity index (χ2n) is 6.63. The molecule has 0 radical (unpaired) electrons. The van der Waals surface area contributed by atoms with Crippen molar-refractivity contribution in [2.45, 2.75) is 53.1 Å². The van der Waals surface area contributed by atoms with Gasteiger partial charge in [0.1, 0.15) is 6.04 Å². The van der Waals surface area contributed by atoms with Crippen LogP contribution < -0.4 is 10.6 Å². The monoisotopic (exact) mass is 334 g/mol. The van der Waals surface area contributed by atoms with Gasteiger partial charge in [0.15, 0.2) is 0 Å². The molecule has 0 spiro atoms. The summed E-state index contributed by atoms with van der Waals surface area (Å²) in [6, 6.07) is 6.66. The van der Waals surface area contributed by atoms with E-state index in [1.54, 1.807) is 0 Å². The van der Waals surface area contributed by atoms with Crippen LogP contribution in [0.1, 0.15) is 39.7 Å². The summed E-state index contributed by atoms with van der Waals surface area (Å²) in [4.78, 5) is 24.7. The normalized spacial score (nSPS) is 14.8. The van der Waals surface area contributed by atoms with Crippen LogP contribution in [0.5, 0.6) is 0 Å². The van der Waals surface area contributed by atoms with Crippen LogP contribution in [0.25, 0.3) is 0 Å². The molecule has 3 atom stereocenters. The summed E-state index contributed by atoms with van der Waals surface area (Å²) < 4.78 is 4.89. The molecule has 5 nitrogen and oxygen atoms in total. The lowest BCUT2D eigenvalue weighted by molar-refractivity contribution is -0.145. The van der Waals surface area contributed by atoms with Gasteiger partial charge in [0.2, 0.25) is 5.91 Å². The maximum Gasteiger partial charge on any atom is 0.323 e. The van der Waals surface area contributed by atoms with Crippen LogP contribution in [0.4, 0.5) is 5.69 Å². The van der Waals surface area contributed by atoms with E-state index in [9.17, 15) is 9.59 Å². The molecular weight excluding hydrogens is 304 g/mol. The first-order chi connectivity index (χ1) is 11.3. The van der Waals surface area contributed by atoms with Gasteiger partial charge in [-0.2, -0.15) is 0 Å². The molecule has 134 valence electrons. The molecular formula is C19H30N2O3. The van der Waals surface area contributed by atoms with Crippen molar-refractivity contribution in [2.24, 2.45) is 11.8 Å². The van der Waals surface area contributed by atoms with Gasteiger partial charge in [-0.25, -0.2) is 0 Å². The molecule has 0 aromatic heterocycles. The molecule has 1 amide bonds. The molecule has 1 rings (SSSR count). The Balaban J connectivity index is 2.89. The quantitative estimate of drug-likeness (QED) is 0.717. The minimum atomic E-state index is -0.504. The number of carbonyl (C=O) groups excluding carboxylic acids is 2. The van der Waals surface area contributed by atoms with Crippen molar-refractivity contribution in [2.75, 3.05) is 12.4 Å². The van der Waals surface area contributed by atoms with Gasteiger partial charge in [-0.05, 0) is 30.9 Å². The maximum absolute atomic E-state index is 12.7. The first kappa shape index (κ1) is 20.2. The van der Waals surface area contributed by atoms with Crippen molar-refractivity contribution in [1.29, 1.82) is 0 Å². The third-order valence-electron chi connectivity index (χ3n) is 4.30. The Hall–Kier alpha value is -1.88. The van der Waals surface area contributed by atoms with Crippen LogP contribution in [0.2, 0.25) is 0 Å². The molecule has 24 heavy (non-hydrogen) atoms. The van der Waals surface area contributed by atoms with E-state index in [1.807, 2.05) is 58.9 Å². The molecule has 0 heterocycles. The number of anilines is 1. The average molecular weight is 334 g/mol. The third kappa shape index (κ3) is 5.64. The predicted octanol–water partition coefficient (Wildman–Crippen LogP) is 3.14. The smallest absolute Gasteiger partial charge is 0.323 e. The van der Waals surface area contributed by atoms with Crippen molar-refractivity contribution in [1.82, 2.24) is 5.32 Å². The minimum Gasteiger partial charge on any atom is -0.468 e. The zero-order valence-corrected chi connectivity index (χ0v) is 15.6. The Morgan fingerprint density at radius 3 is 2.12 bits per heavy atom. The number of hydrogen-bond acceptors (Lipinski definition) is 4. The van der Waals surface area contributed by atoms with Crippen LogP contribution in [-0.2, 0) is 14.3 Å². The fraction of sp³-hybridized carbons (Fsp3) is 0.579. The summed E-state index contributed by atoms with van der Waals surface area (Å²) in [5.74, 6) is -0.373. The molecule has 0 saturated carbocycles. The van der Waals surface area contributed by atoms with Crippen LogP contribution >= 0.6 is 0 Å². The standard InChI is InChI=1S/C19H30N2O3/c1-7-14(5)17(19(23)24-6)21-16(12(2)3)18(22)20-15-10-8-13(4)9-11-15/h8-12,14,16-17,21H,7H2,1-6H3,(H,20,22)/t14-,16+,17-/m0/s1. The van der Waals surface area contributed by atoms with Crippen molar-refractivity contribution in [3.8, 4) is 0 Å². The number of carbonyl (C=O) groups is 2. The van der Waals surface area contributed by atoms with Gasteiger partial charge in [-0.15, -0.1) is 0 Å². The van der Waals surface area contributed by atoms with Gasteiger partial charge < -0.3 is 10.1 Å². The van der Waals surface area contributed by atoms with E-state index in [0.717, 1.165) is 17.7 Å². The predicted molar refractivity (Wildman–Crippen MR) is 96.8 cm³/mol. The highest BCUT2D eigenvalue weighted by molar-refractivity contribution is 5.95. The number of esters is 1. The summed E-state index contributed by atoms with van der Waals surface area (Å²) in [6.07, 6.45) is 0.817. The molecule has 0 aliphatic carbocycles. The summed E-state index contributed by atoms with van der Waals surface area (Å²) in [5, 5.41) is 6.12. The molecule has 0 aliphatic heterocycles. The average Bonchev–Trinajstić information content (AvgIpc) is 2.56. The number of hydrogen-bond donors (Lipinski definition) is 2. The number of aryl methyl sites for hydroxylation is 1. The lowest BCUT2D eigenvalue weighted by Gasteiger charge is -2.29. The number of methoxy groups -OCH3 is 1. The van der Waals surface area contributed by atoms with E-state index < -0.39 is 12.1 Å². The van der Waals surface area contributed by atoms with E-state index >= 15 is 0 Å². The van der Waals surface area contributed by atoms with Crippen molar-refractivity contribution >= 4 is 17.6 Å². The van der Waals surface area contributed by atoms with Crippen LogP contribution in [0, 0.1) is 18.8 Å². The van der Waals surface area contributed by atoms with Gasteiger partial charge >= 0.3 is 5.97 Å². The maximum atomic E-state index is 12.7. The molecule has 0 saturated heterocycles. The van der Waals surface area contributed by atoms with Gasteiger partial charge in [0, 0.05) is 5.69 Å². The number of amides is 1. The van der Waals surface area contributed by atoms with Crippen molar-refractivity contribution < 1.29 is 14.3 Å². The Bertz CT molecular complexity index is 540. The highest BCUT2D eigenvalue weighted by atomic mass is 16.5. The Morgan fingerprint density at radius 2 is 1.67 bits per heavy atom. The molecule has 0 aliphatic rings. The number of benzene rings is 1. The second-order valence-corrected chi connectivity index (χ2v) is 6.63. The fourth-order valence-corrected chi connectivity index (χ4v) is 2.45. The third-order valence-corrected chi connectivity index (χ3v) is 4.30. The van der Waals surface area contributed by atoms with Crippen molar-refractivity contribution in [3.63, 3.8) is 0 Å². The summed E-state index contributed by atoms with van der Waals surface area (Å²) in [6.45, 7) is 9.90. The van der Waals surface area contributed by atoms with Crippen molar-refractivity contribution in [3.05, 3.63) is 29.8 Å². The van der Waals surface area contributed by atoms with Gasteiger partial charge in [-0.1, -0.05) is 51.8 Å². The van der Waals surface area contributed by atoms with Gasteiger partial charge in [0.25, 0.3) is 0 Å². The Kier molecular flexibility index (Phi) is 7.92. The second kappa shape index (κ2) is 9.42. The van der Waals surface area contributed by atoms with E-state index in [-0.39, 0.29) is 23.7 Å². The zero-order valence-electron chi connectivity index (χ0n) is 15.6. The fourth-order valence-electron chi connectivity index (χ4n) is 2.45. The number of nitrogens with one attached hydrogen (secondary N) is 2. The van der Waals surface area contributed by atoms with E-state index in [2.05, 4.69) is 10.6 Å². The Labute approximate surface area is 145 Å². The van der Waals surface area contributed by atoms with E-state index in [1.165, 1.54) is 7.11 Å². The van der Waals surface area contributed by atoms with Crippen LogP contribution in [0.3, 0.4) is 0 Å². The molecule has 0 bridgehead atoms. The zero-order chi connectivity index (χ0) is 18.3. The summed E-state index contributed by atoms with van der Waals surface area (Å²) >= 11 is 0. The molecule has 1 aromatic rings. The summed E-state index contributed by atoms with van der Waals surface area (Å²) in [7, 11) is 1.37. The topological polar surface area (TPSA) is 67.4 Å². The van der Waals surface area contributed by atoms with E-state index in [0.29, 0.717) is 0 Å². The Morgan fingerprint density at radius 1 is 1.08 bits per heavy atom. The molecule has 0 unspecified atom stereocenters. The number of rotatable bonds is 8. The number of ether oxygens (including phenoxy) is 1. The first-order valence-electron chi connectivity index (χ1n) is 8.51. The molecule has 1 aromatic carbocycles. The van der Waals surface area contributed by atoms with Gasteiger partial charge in [0.05, 0.1) is 13.2 Å². The van der Waals surface area contributed by atoms with Crippen LogP contribution in [-0.4, -0.2) is 31.1 Å². The highest BCUT2D eigenvalue weighted by Gasteiger charge is 2.32. The van der Waals surface area contributed by atoms with E-state index in [4.69, 9.17) is 4.74 Å². The van der Waals surface area contributed by atoms with Gasteiger partial charge in [-0.3, -0.25) is 14.9 Å². The minimum absolute atomic E-state index is 0.0339. The lowest BCUT2D eigenvalue weighted by atomic mass is 9.95. The molecule has 2 N–H and O–H groups in total. The molecule has 0 fully saturated rings. The highest BCUT2D eigenvalue weighted by Crippen LogP contribution is 2.15. The largest absolute Gasteiger partial charge is 0.468 e.